The van der Waals surface area contributed by atoms with Gasteiger partial charge in [0.05, 0.1) is 19.8 Å². The number of tetrazole rings is 1. The average molecular weight is 551 g/mol. The van der Waals surface area contributed by atoms with E-state index in [0.29, 0.717) is 11.8 Å². The highest BCUT2D eigenvalue weighted by molar-refractivity contribution is 5.44. The Hall–Kier alpha value is -3.13. The number of hydrogen-bond acceptors (Lipinski definition) is 8. The standard InChI is InChI=1S/C26H26F4N4O5/c27-17-3-6-19(20(28)7-17)25(37,12-34-15-31-32-33-34)26(29,30)23-9-22(10-23,11-23)16-1-4-18(5-2-16)39-8-21(35)24(36)13-38-14-24/h1-7,15,21,35-37H,8-14H2/t21?,22?,23?,25-/m0/s1. The van der Waals surface area contributed by atoms with Crippen LogP contribution >= 0.6 is 0 Å². The fourth-order valence-electron chi connectivity index (χ4n) is 6.27. The number of benzene rings is 2. The maximum atomic E-state index is 16.3. The van der Waals surface area contributed by atoms with E-state index in [1.807, 2.05) is 0 Å². The van der Waals surface area contributed by atoms with Crippen molar-refractivity contribution in [3.05, 3.63) is 71.6 Å². The van der Waals surface area contributed by atoms with E-state index in [0.717, 1.165) is 28.7 Å². The molecule has 2 bridgehead atoms. The molecule has 0 radical (unpaired) electrons. The number of aliphatic hydroxyl groups excluding tert-OH is 1. The molecule has 3 N–H and O–H groups in total. The summed E-state index contributed by atoms with van der Waals surface area (Å²) >= 11 is 0. The molecule has 208 valence electrons. The van der Waals surface area contributed by atoms with Crippen LogP contribution in [-0.4, -0.2) is 73.0 Å². The van der Waals surface area contributed by atoms with E-state index in [2.05, 4.69) is 15.5 Å². The summed E-state index contributed by atoms with van der Waals surface area (Å²) in [6, 6.07) is 8.96. The highest BCUT2D eigenvalue weighted by Gasteiger charge is 2.82. The molecule has 2 atom stereocenters. The van der Waals surface area contributed by atoms with Gasteiger partial charge >= 0.3 is 0 Å². The van der Waals surface area contributed by atoms with Crippen LogP contribution < -0.4 is 4.74 Å². The van der Waals surface area contributed by atoms with Crippen molar-refractivity contribution in [2.24, 2.45) is 5.41 Å². The van der Waals surface area contributed by atoms with E-state index in [1.165, 1.54) is 0 Å². The van der Waals surface area contributed by atoms with Crippen LogP contribution in [-0.2, 0) is 22.3 Å². The minimum Gasteiger partial charge on any atom is -0.491 e. The van der Waals surface area contributed by atoms with Crippen molar-refractivity contribution in [2.45, 2.75) is 54.5 Å². The van der Waals surface area contributed by atoms with Gasteiger partial charge in [-0.2, -0.15) is 0 Å². The number of hydrogen-bond donors (Lipinski definition) is 3. The van der Waals surface area contributed by atoms with E-state index in [9.17, 15) is 24.1 Å². The monoisotopic (exact) mass is 550 g/mol. The molecule has 1 aliphatic heterocycles. The maximum Gasteiger partial charge on any atom is 0.287 e. The number of rotatable bonds is 10. The normalized spacial score (nSPS) is 27.5. The Morgan fingerprint density at radius 2 is 1.77 bits per heavy atom. The third kappa shape index (κ3) is 3.85. The topological polar surface area (TPSA) is 123 Å². The lowest BCUT2D eigenvalue weighted by atomic mass is 9.30. The Kier molecular flexibility index (Phi) is 5.81. The molecule has 1 saturated heterocycles. The molecule has 2 aromatic carbocycles. The van der Waals surface area contributed by atoms with Crippen LogP contribution in [0.15, 0.2) is 48.8 Å². The second kappa shape index (κ2) is 8.68. The van der Waals surface area contributed by atoms with Gasteiger partial charge in [0, 0.05) is 17.0 Å². The molecule has 0 spiro atoms. The Morgan fingerprint density at radius 1 is 1.08 bits per heavy atom. The Labute approximate surface area is 220 Å². The number of nitrogens with zero attached hydrogens (tertiary/aromatic N) is 4. The van der Waals surface area contributed by atoms with Crippen molar-refractivity contribution >= 4 is 0 Å². The minimum atomic E-state index is -3.81. The highest BCUT2D eigenvalue weighted by atomic mass is 19.3. The number of aromatic nitrogens is 4. The Morgan fingerprint density at radius 3 is 2.33 bits per heavy atom. The first-order chi connectivity index (χ1) is 18.4. The molecule has 1 unspecified atom stereocenters. The molecular formula is C26H26F4N4O5. The smallest absolute Gasteiger partial charge is 0.287 e. The van der Waals surface area contributed by atoms with Gasteiger partial charge in [-0.1, -0.05) is 12.1 Å². The van der Waals surface area contributed by atoms with Crippen molar-refractivity contribution in [3.8, 4) is 5.75 Å². The molecule has 0 amide bonds. The first-order valence-corrected chi connectivity index (χ1v) is 12.4. The quantitative estimate of drug-likeness (QED) is 0.328. The Bertz CT molecular complexity index is 1350. The van der Waals surface area contributed by atoms with Gasteiger partial charge in [0.25, 0.3) is 5.92 Å². The van der Waals surface area contributed by atoms with E-state index in [-0.39, 0.29) is 39.1 Å². The number of ether oxygens (including phenoxy) is 2. The van der Waals surface area contributed by atoms with E-state index >= 15 is 8.78 Å². The van der Waals surface area contributed by atoms with Gasteiger partial charge in [-0.25, -0.2) is 22.2 Å². The van der Waals surface area contributed by atoms with Crippen LogP contribution in [0.1, 0.15) is 30.4 Å². The molecule has 4 fully saturated rings. The third-order valence-corrected chi connectivity index (χ3v) is 8.57. The van der Waals surface area contributed by atoms with Gasteiger partial charge in [0.2, 0.25) is 0 Å². The van der Waals surface area contributed by atoms with Gasteiger partial charge in [-0.15, -0.1) is 5.10 Å². The van der Waals surface area contributed by atoms with Crippen LogP contribution in [0, 0.1) is 17.0 Å². The lowest BCUT2D eigenvalue weighted by Gasteiger charge is -2.74. The third-order valence-electron chi connectivity index (χ3n) is 8.57. The van der Waals surface area contributed by atoms with E-state index in [4.69, 9.17) is 9.47 Å². The number of aliphatic hydroxyl groups is 3. The summed E-state index contributed by atoms with van der Waals surface area (Å²) in [6.45, 7) is -0.906. The lowest BCUT2D eigenvalue weighted by Crippen LogP contribution is -2.76. The molecule has 1 aromatic heterocycles. The van der Waals surface area contributed by atoms with Gasteiger partial charge in [-0.05, 0) is 64.9 Å². The van der Waals surface area contributed by atoms with Crippen LogP contribution in [0.5, 0.6) is 5.75 Å². The summed E-state index contributed by atoms with van der Waals surface area (Å²) in [5, 5.41) is 42.0. The van der Waals surface area contributed by atoms with Gasteiger partial charge in [-0.3, -0.25) is 0 Å². The molecule has 3 aromatic rings. The zero-order valence-corrected chi connectivity index (χ0v) is 20.6. The summed E-state index contributed by atoms with van der Waals surface area (Å²) in [4.78, 5) is 0. The second-order valence-electron chi connectivity index (χ2n) is 11.1. The van der Waals surface area contributed by atoms with Crippen LogP contribution in [0.4, 0.5) is 17.6 Å². The fourth-order valence-corrected chi connectivity index (χ4v) is 6.27. The average Bonchev–Trinajstić information content (AvgIpc) is 3.32. The number of halogens is 4. The van der Waals surface area contributed by atoms with E-state index in [1.54, 1.807) is 24.3 Å². The van der Waals surface area contributed by atoms with Crippen LogP contribution in [0.2, 0.25) is 0 Å². The molecule has 7 rings (SSSR count). The molecule has 2 heterocycles. The van der Waals surface area contributed by atoms with Crippen LogP contribution in [0.25, 0.3) is 0 Å². The van der Waals surface area contributed by atoms with E-state index < -0.39 is 57.8 Å². The molecular weight excluding hydrogens is 524 g/mol. The Balaban J connectivity index is 1.19. The molecule has 39 heavy (non-hydrogen) atoms. The number of alkyl halides is 2. The summed E-state index contributed by atoms with van der Waals surface area (Å²) in [5.41, 5.74) is -6.41. The molecule has 4 aliphatic rings. The summed E-state index contributed by atoms with van der Waals surface area (Å²) < 4.78 is 72.3. The van der Waals surface area contributed by atoms with Crippen molar-refractivity contribution in [1.82, 2.24) is 20.2 Å². The van der Waals surface area contributed by atoms with Gasteiger partial charge in [0.15, 0.2) is 5.60 Å². The largest absolute Gasteiger partial charge is 0.491 e. The first kappa shape index (κ1) is 26.1. The zero-order valence-electron chi connectivity index (χ0n) is 20.6. The summed E-state index contributed by atoms with van der Waals surface area (Å²) in [7, 11) is 0. The summed E-state index contributed by atoms with van der Waals surface area (Å²) in [6.07, 6.45) is 0.0808. The lowest BCUT2D eigenvalue weighted by molar-refractivity contribution is -0.347. The maximum absolute atomic E-state index is 16.3. The van der Waals surface area contributed by atoms with Crippen molar-refractivity contribution in [3.63, 3.8) is 0 Å². The highest BCUT2D eigenvalue weighted by Crippen LogP contribution is 2.80. The molecule has 13 heteroatoms. The minimum absolute atomic E-state index is 0.0318. The van der Waals surface area contributed by atoms with Crippen molar-refractivity contribution in [2.75, 3.05) is 19.8 Å². The van der Waals surface area contributed by atoms with Crippen LogP contribution in [0.3, 0.4) is 0 Å². The summed E-state index contributed by atoms with van der Waals surface area (Å²) in [5.74, 6) is -5.61. The molecule has 3 saturated carbocycles. The molecule has 3 aliphatic carbocycles. The van der Waals surface area contributed by atoms with Gasteiger partial charge in [0.1, 0.15) is 42.0 Å². The fraction of sp³-hybridized carbons (Fsp3) is 0.500. The predicted octanol–water partition coefficient (Wildman–Crippen LogP) is 2.10. The predicted molar refractivity (Wildman–Crippen MR) is 125 cm³/mol. The molecule has 9 nitrogen and oxygen atoms in total. The van der Waals surface area contributed by atoms with Crippen molar-refractivity contribution in [1.29, 1.82) is 0 Å². The zero-order chi connectivity index (χ0) is 27.7. The van der Waals surface area contributed by atoms with Crippen molar-refractivity contribution < 1.29 is 42.4 Å². The SMILES string of the molecule is OC(COc1ccc(C23CC(C(F)(F)[C@](O)(Cn4cnnn4)c4ccc(F)cc4F)(C2)C3)cc1)C1(O)COC1. The first-order valence-electron chi connectivity index (χ1n) is 12.4. The van der Waals surface area contributed by atoms with Gasteiger partial charge < -0.3 is 24.8 Å². The second-order valence-corrected chi connectivity index (χ2v) is 11.1.